The molecule has 0 aliphatic carbocycles. The van der Waals surface area contributed by atoms with Gasteiger partial charge in [0.25, 0.3) is 0 Å². The van der Waals surface area contributed by atoms with E-state index in [2.05, 4.69) is 9.97 Å². The fourth-order valence-corrected chi connectivity index (χ4v) is 2.64. The molecule has 0 aliphatic rings. The van der Waals surface area contributed by atoms with Crippen LogP contribution in [0.3, 0.4) is 0 Å². The molecule has 0 aromatic carbocycles. The number of hydrogen-bond acceptors (Lipinski definition) is 5. The Morgan fingerprint density at radius 2 is 1.35 bits per heavy atom. The standard InChI is InChI=1S/C21H23N3O2/c25-13-7-1-2-8-14-26-17-15-20(18-9-3-5-11-22-18)24-21(16-17)19-10-4-6-12-23-19/h3-6,9-12,15-16,25H,1-2,7-8,13-14H2. The zero-order valence-corrected chi connectivity index (χ0v) is 14.7. The minimum atomic E-state index is 0.256. The van der Waals surface area contributed by atoms with E-state index < -0.39 is 0 Å². The molecule has 0 aliphatic heterocycles. The summed E-state index contributed by atoms with van der Waals surface area (Å²) in [7, 11) is 0. The Labute approximate surface area is 153 Å². The minimum Gasteiger partial charge on any atom is -0.493 e. The highest BCUT2D eigenvalue weighted by atomic mass is 16.5. The van der Waals surface area contributed by atoms with Gasteiger partial charge in [-0.2, -0.15) is 0 Å². The van der Waals surface area contributed by atoms with Crippen LogP contribution in [0.1, 0.15) is 25.7 Å². The Hall–Kier alpha value is -2.79. The fraction of sp³-hybridized carbons (Fsp3) is 0.286. The van der Waals surface area contributed by atoms with Crippen LogP contribution in [-0.2, 0) is 0 Å². The molecular formula is C21H23N3O2. The fourth-order valence-electron chi connectivity index (χ4n) is 2.64. The number of rotatable bonds is 9. The molecule has 26 heavy (non-hydrogen) atoms. The lowest BCUT2D eigenvalue weighted by molar-refractivity contribution is 0.273. The summed E-state index contributed by atoms with van der Waals surface area (Å²) in [5, 5.41) is 8.83. The lowest BCUT2D eigenvalue weighted by atomic mass is 10.2. The summed E-state index contributed by atoms with van der Waals surface area (Å²) in [5.41, 5.74) is 3.14. The maximum Gasteiger partial charge on any atom is 0.123 e. The van der Waals surface area contributed by atoms with Gasteiger partial charge in [0.15, 0.2) is 0 Å². The van der Waals surface area contributed by atoms with Crippen LogP contribution >= 0.6 is 0 Å². The molecule has 3 aromatic heterocycles. The Kier molecular flexibility index (Phi) is 6.67. The van der Waals surface area contributed by atoms with E-state index in [0.29, 0.717) is 6.61 Å². The zero-order chi connectivity index (χ0) is 18.0. The molecule has 5 nitrogen and oxygen atoms in total. The molecule has 0 saturated heterocycles. The number of aromatic nitrogens is 3. The molecule has 0 spiro atoms. The van der Waals surface area contributed by atoms with Gasteiger partial charge >= 0.3 is 0 Å². The van der Waals surface area contributed by atoms with Gasteiger partial charge in [-0.05, 0) is 43.5 Å². The first-order chi connectivity index (χ1) is 12.9. The number of nitrogens with zero attached hydrogens (tertiary/aromatic N) is 3. The molecule has 3 aromatic rings. The summed E-state index contributed by atoms with van der Waals surface area (Å²) >= 11 is 0. The van der Waals surface area contributed by atoms with Crippen molar-refractivity contribution in [3.05, 3.63) is 60.9 Å². The van der Waals surface area contributed by atoms with Crippen molar-refractivity contribution in [1.29, 1.82) is 0 Å². The Morgan fingerprint density at radius 3 is 1.88 bits per heavy atom. The second kappa shape index (κ2) is 9.63. The molecule has 0 fully saturated rings. The smallest absolute Gasteiger partial charge is 0.123 e. The monoisotopic (exact) mass is 349 g/mol. The van der Waals surface area contributed by atoms with Gasteiger partial charge in [0.2, 0.25) is 0 Å². The topological polar surface area (TPSA) is 68.1 Å². The highest BCUT2D eigenvalue weighted by molar-refractivity contribution is 5.64. The van der Waals surface area contributed by atoms with Crippen LogP contribution in [0.4, 0.5) is 0 Å². The van der Waals surface area contributed by atoms with Crippen molar-refractivity contribution in [1.82, 2.24) is 15.0 Å². The Balaban J connectivity index is 1.79. The van der Waals surface area contributed by atoms with E-state index in [-0.39, 0.29) is 6.61 Å². The largest absolute Gasteiger partial charge is 0.493 e. The third-order valence-corrected chi connectivity index (χ3v) is 3.97. The minimum absolute atomic E-state index is 0.256. The van der Waals surface area contributed by atoms with Crippen molar-refractivity contribution in [2.75, 3.05) is 13.2 Å². The van der Waals surface area contributed by atoms with Gasteiger partial charge in [-0.3, -0.25) is 9.97 Å². The molecule has 0 atom stereocenters. The van der Waals surface area contributed by atoms with E-state index in [1.807, 2.05) is 48.5 Å². The van der Waals surface area contributed by atoms with E-state index in [0.717, 1.165) is 54.2 Å². The van der Waals surface area contributed by atoms with Crippen LogP contribution in [0, 0.1) is 0 Å². The SMILES string of the molecule is OCCCCCCOc1cc(-c2ccccn2)nc(-c2ccccn2)c1. The maximum absolute atomic E-state index is 8.83. The van der Waals surface area contributed by atoms with E-state index in [1.54, 1.807) is 12.4 Å². The summed E-state index contributed by atoms with van der Waals surface area (Å²) in [6, 6.07) is 15.4. The van der Waals surface area contributed by atoms with Crippen LogP contribution < -0.4 is 4.74 Å². The third kappa shape index (κ3) is 5.10. The molecule has 3 heterocycles. The van der Waals surface area contributed by atoms with Gasteiger partial charge in [-0.15, -0.1) is 0 Å². The van der Waals surface area contributed by atoms with Gasteiger partial charge in [0.1, 0.15) is 5.75 Å². The van der Waals surface area contributed by atoms with Gasteiger partial charge < -0.3 is 9.84 Å². The van der Waals surface area contributed by atoms with Crippen molar-refractivity contribution in [2.24, 2.45) is 0 Å². The van der Waals surface area contributed by atoms with Crippen LogP contribution in [-0.4, -0.2) is 33.3 Å². The number of hydrogen-bond donors (Lipinski definition) is 1. The highest BCUT2D eigenvalue weighted by Crippen LogP contribution is 2.26. The van der Waals surface area contributed by atoms with Crippen molar-refractivity contribution in [3.8, 4) is 28.5 Å². The number of unbranched alkanes of at least 4 members (excludes halogenated alkanes) is 3. The number of pyridine rings is 3. The predicted molar refractivity (Wildman–Crippen MR) is 102 cm³/mol. The zero-order valence-electron chi connectivity index (χ0n) is 14.7. The van der Waals surface area contributed by atoms with Crippen molar-refractivity contribution >= 4 is 0 Å². The lowest BCUT2D eigenvalue weighted by Gasteiger charge is -2.10. The molecule has 0 bridgehead atoms. The van der Waals surface area contributed by atoms with Crippen LogP contribution in [0.5, 0.6) is 5.75 Å². The summed E-state index contributed by atoms with van der Waals surface area (Å²) in [4.78, 5) is 13.5. The molecule has 134 valence electrons. The normalized spacial score (nSPS) is 10.7. The molecule has 0 unspecified atom stereocenters. The average Bonchev–Trinajstić information content (AvgIpc) is 2.72. The molecular weight excluding hydrogens is 326 g/mol. The molecule has 0 amide bonds. The van der Waals surface area contributed by atoms with Gasteiger partial charge in [0.05, 0.1) is 29.4 Å². The molecule has 5 heteroatoms. The second-order valence-corrected chi connectivity index (χ2v) is 5.99. The van der Waals surface area contributed by atoms with Gasteiger partial charge in [0, 0.05) is 31.1 Å². The van der Waals surface area contributed by atoms with Gasteiger partial charge in [-0.1, -0.05) is 18.6 Å². The molecule has 0 radical (unpaired) electrons. The van der Waals surface area contributed by atoms with Crippen LogP contribution in [0.25, 0.3) is 22.8 Å². The lowest BCUT2D eigenvalue weighted by Crippen LogP contribution is -2.00. The summed E-state index contributed by atoms with van der Waals surface area (Å²) in [6.07, 6.45) is 7.39. The van der Waals surface area contributed by atoms with Gasteiger partial charge in [-0.25, -0.2) is 4.98 Å². The van der Waals surface area contributed by atoms with Crippen molar-refractivity contribution < 1.29 is 9.84 Å². The summed E-state index contributed by atoms with van der Waals surface area (Å²) < 4.78 is 5.95. The van der Waals surface area contributed by atoms with Crippen LogP contribution in [0.15, 0.2) is 60.9 Å². The van der Waals surface area contributed by atoms with Crippen molar-refractivity contribution in [3.63, 3.8) is 0 Å². The molecule has 3 rings (SSSR count). The number of aliphatic hydroxyl groups excluding tert-OH is 1. The first-order valence-corrected chi connectivity index (χ1v) is 8.95. The average molecular weight is 349 g/mol. The summed E-state index contributed by atoms with van der Waals surface area (Å²) in [5.74, 6) is 0.767. The van der Waals surface area contributed by atoms with E-state index in [9.17, 15) is 0 Å². The Morgan fingerprint density at radius 1 is 0.731 bits per heavy atom. The summed E-state index contributed by atoms with van der Waals surface area (Å²) in [6.45, 7) is 0.894. The quantitative estimate of drug-likeness (QED) is 0.588. The van der Waals surface area contributed by atoms with Crippen LogP contribution in [0.2, 0.25) is 0 Å². The van der Waals surface area contributed by atoms with Crippen molar-refractivity contribution in [2.45, 2.75) is 25.7 Å². The van der Waals surface area contributed by atoms with E-state index >= 15 is 0 Å². The maximum atomic E-state index is 8.83. The first-order valence-electron chi connectivity index (χ1n) is 8.95. The third-order valence-electron chi connectivity index (χ3n) is 3.97. The second-order valence-electron chi connectivity index (χ2n) is 5.99. The molecule has 1 N–H and O–H groups in total. The first kappa shape index (κ1) is 18.0. The number of aliphatic hydroxyl groups is 1. The molecule has 0 saturated carbocycles. The number of ether oxygens (including phenoxy) is 1. The van der Waals surface area contributed by atoms with E-state index in [4.69, 9.17) is 14.8 Å². The predicted octanol–water partition coefficient (Wildman–Crippen LogP) is 4.14. The highest BCUT2D eigenvalue weighted by Gasteiger charge is 2.09. The Bertz CT molecular complexity index is 737. The van der Waals surface area contributed by atoms with E-state index in [1.165, 1.54) is 0 Å².